The summed E-state index contributed by atoms with van der Waals surface area (Å²) in [5, 5.41) is 18.1. The van der Waals surface area contributed by atoms with Gasteiger partial charge in [-0.2, -0.15) is 0 Å². The van der Waals surface area contributed by atoms with Crippen LogP contribution in [0.1, 0.15) is 0 Å². The van der Waals surface area contributed by atoms with Crippen molar-refractivity contribution in [1.29, 1.82) is 0 Å². The first-order valence-corrected chi connectivity index (χ1v) is 2.77. The molecule has 0 bridgehead atoms. The topological polar surface area (TPSA) is 111 Å². The van der Waals surface area contributed by atoms with E-state index in [0.29, 0.717) is 0 Å². The summed E-state index contributed by atoms with van der Waals surface area (Å²) in [4.78, 5) is 20.4. The van der Waals surface area contributed by atoms with Crippen LogP contribution >= 0.6 is 0 Å². The third kappa shape index (κ3) is 6.71. The van der Waals surface area contributed by atoms with Crippen LogP contribution in [0, 0.1) is 0 Å². The van der Waals surface area contributed by atoms with E-state index in [1.165, 1.54) is 5.59 Å². The summed E-state index contributed by atoms with van der Waals surface area (Å²) in [5.41, 5.74) is 3.60. The monoisotopic (exact) mass is 163 g/mol. The zero-order valence-corrected chi connectivity index (χ0v) is 5.63. The average Bonchev–Trinajstić information content (AvgIpc) is 1.97. The lowest BCUT2D eigenvalue weighted by atomic mass is 10.5. The number of carboxylic acid groups (broad SMARTS) is 1. The first kappa shape index (κ1) is 9.82. The minimum absolute atomic E-state index is 0.191. The number of amides is 1. The van der Waals surface area contributed by atoms with Crippen molar-refractivity contribution in [2.24, 2.45) is 0 Å². The molecule has 0 aromatic carbocycles. The van der Waals surface area contributed by atoms with Gasteiger partial charge in [-0.1, -0.05) is 0 Å². The fourth-order valence-corrected chi connectivity index (χ4v) is 0.357. The second-order valence-corrected chi connectivity index (χ2v) is 1.64. The number of carbonyl (C=O) groups excluding carboxylic acids is 1. The molecule has 0 spiro atoms. The van der Waals surface area contributed by atoms with Gasteiger partial charge in [0.2, 0.25) is 5.91 Å². The molecule has 0 aromatic heterocycles. The van der Waals surface area contributed by atoms with Crippen LogP contribution < -0.4 is 16.3 Å². The quantitative estimate of drug-likeness (QED) is 0.291. The first-order chi connectivity index (χ1) is 5.16. The third-order valence-corrected chi connectivity index (χ3v) is 0.765. The van der Waals surface area contributed by atoms with Gasteiger partial charge < -0.3 is 15.6 Å². The van der Waals surface area contributed by atoms with E-state index < -0.39 is 18.4 Å². The summed E-state index contributed by atoms with van der Waals surface area (Å²) in [6.07, 6.45) is 0. The van der Waals surface area contributed by atoms with E-state index in [9.17, 15) is 9.59 Å². The summed E-state index contributed by atoms with van der Waals surface area (Å²) < 4.78 is 0. The van der Waals surface area contributed by atoms with E-state index in [0.717, 1.165) is 0 Å². The highest BCUT2D eigenvalue weighted by atomic mass is 16.5. The summed E-state index contributed by atoms with van der Waals surface area (Å²) in [6.45, 7) is -0.615. The Kier molecular flexibility index (Phi) is 4.99. The fraction of sp³-hybridized carbons (Fsp3) is 0.500. The number of hydrogen-bond acceptors (Lipinski definition) is 5. The number of aliphatic carboxylic acids is 1. The van der Waals surface area contributed by atoms with Crippen molar-refractivity contribution in [3.05, 3.63) is 0 Å². The maximum absolute atomic E-state index is 10.5. The van der Waals surface area contributed by atoms with Crippen molar-refractivity contribution in [2.45, 2.75) is 0 Å². The molecule has 0 atom stereocenters. The molecule has 1 amide bonds. The zero-order valence-electron chi connectivity index (χ0n) is 5.63. The third-order valence-electron chi connectivity index (χ3n) is 0.765. The molecule has 0 saturated heterocycles. The van der Waals surface area contributed by atoms with Gasteiger partial charge in [0.25, 0.3) is 0 Å². The van der Waals surface area contributed by atoms with E-state index in [2.05, 4.69) is 10.7 Å². The Morgan fingerprint density at radius 2 is 1.91 bits per heavy atom. The molecule has 0 heterocycles. The molecular formula is C4H9N3O4. The van der Waals surface area contributed by atoms with Gasteiger partial charge in [0.1, 0.15) is 6.54 Å². The second kappa shape index (κ2) is 5.59. The van der Waals surface area contributed by atoms with E-state index in [1.54, 1.807) is 0 Å². The number of nitrogens with one attached hydrogen (secondary N) is 3. The normalized spacial score (nSPS) is 9.18. The predicted molar refractivity (Wildman–Crippen MR) is 33.6 cm³/mol. The summed E-state index contributed by atoms with van der Waals surface area (Å²) in [6, 6.07) is 0. The highest BCUT2D eigenvalue weighted by Gasteiger charge is 2.01. The molecule has 0 radical (unpaired) electrons. The zero-order chi connectivity index (χ0) is 8.69. The van der Waals surface area contributed by atoms with E-state index >= 15 is 0 Å². The largest absolute Gasteiger partial charge is 0.480 e. The van der Waals surface area contributed by atoms with Crippen LogP contribution in [0.2, 0.25) is 0 Å². The van der Waals surface area contributed by atoms with E-state index in [1.807, 2.05) is 0 Å². The Labute approximate surface area is 62.3 Å². The Morgan fingerprint density at radius 1 is 1.27 bits per heavy atom. The highest BCUT2D eigenvalue weighted by molar-refractivity contribution is 5.82. The lowest BCUT2D eigenvalue weighted by molar-refractivity contribution is -0.137. The van der Waals surface area contributed by atoms with E-state index in [4.69, 9.17) is 10.3 Å². The van der Waals surface area contributed by atoms with Gasteiger partial charge in [-0.25, -0.2) is 5.43 Å². The standard InChI is InChI=1S/C4H9N3O4/c8-3(1-6-7-11)5-2-4(9)10/h6-7,11H,1-2H2,(H,5,8)(H,9,10). The van der Waals surface area contributed by atoms with Gasteiger partial charge in [0.15, 0.2) is 0 Å². The molecule has 0 aliphatic rings. The lowest BCUT2D eigenvalue weighted by Gasteiger charge is -2.01. The number of rotatable bonds is 5. The number of hydrogen-bond donors (Lipinski definition) is 5. The predicted octanol–water partition coefficient (Wildman–Crippen LogP) is -2.33. The molecule has 0 unspecified atom stereocenters. The molecule has 0 aromatic rings. The summed E-state index contributed by atoms with van der Waals surface area (Å²) in [7, 11) is 0. The molecule has 5 N–H and O–H groups in total. The molecule has 0 fully saturated rings. The van der Waals surface area contributed by atoms with Crippen LogP contribution in [0.15, 0.2) is 0 Å². The lowest BCUT2D eigenvalue weighted by Crippen LogP contribution is -2.41. The minimum atomic E-state index is -1.12. The molecule has 0 saturated carbocycles. The molecule has 0 aliphatic heterocycles. The Bertz CT molecular complexity index is 148. The van der Waals surface area contributed by atoms with Crippen LogP contribution in [0.25, 0.3) is 0 Å². The summed E-state index contributed by atoms with van der Waals surface area (Å²) in [5.74, 6) is -1.63. The van der Waals surface area contributed by atoms with Gasteiger partial charge in [0.05, 0.1) is 6.54 Å². The molecule has 0 aliphatic carbocycles. The number of carboxylic acids is 1. The van der Waals surface area contributed by atoms with Crippen LogP contribution in [0.5, 0.6) is 0 Å². The number of carbonyl (C=O) groups is 2. The van der Waals surface area contributed by atoms with Crippen molar-refractivity contribution in [2.75, 3.05) is 13.1 Å². The van der Waals surface area contributed by atoms with Crippen molar-refractivity contribution < 1.29 is 19.9 Å². The van der Waals surface area contributed by atoms with Crippen LogP contribution in [0.3, 0.4) is 0 Å². The van der Waals surface area contributed by atoms with Gasteiger partial charge in [-0.3, -0.25) is 9.59 Å². The maximum atomic E-state index is 10.5. The van der Waals surface area contributed by atoms with Crippen molar-refractivity contribution in [3.8, 4) is 0 Å². The Morgan fingerprint density at radius 3 is 2.36 bits per heavy atom. The van der Waals surface area contributed by atoms with Crippen LogP contribution in [0.4, 0.5) is 0 Å². The average molecular weight is 163 g/mol. The first-order valence-electron chi connectivity index (χ1n) is 2.77. The summed E-state index contributed by atoms with van der Waals surface area (Å²) >= 11 is 0. The fourth-order valence-electron chi connectivity index (χ4n) is 0.357. The van der Waals surface area contributed by atoms with Crippen molar-refractivity contribution in [3.63, 3.8) is 0 Å². The number of hydrazine groups is 1. The van der Waals surface area contributed by atoms with Crippen molar-refractivity contribution in [1.82, 2.24) is 16.3 Å². The van der Waals surface area contributed by atoms with Crippen LogP contribution in [-0.4, -0.2) is 35.3 Å². The molecule has 7 heteroatoms. The van der Waals surface area contributed by atoms with Gasteiger partial charge >= 0.3 is 5.97 Å². The Balaban J connectivity index is 3.30. The minimum Gasteiger partial charge on any atom is -0.480 e. The molecule has 0 rings (SSSR count). The smallest absolute Gasteiger partial charge is 0.322 e. The molecule has 64 valence electrons. The van der Waals surface area contributed by atoms with Gasteiger partial charge in [0, 0.05) is 0 Å². The van der Waals surface area contributed by atoms with Crippen LogP contribution in [-0.2, 0) is 9.59 Å². The van der Waals surface area contributed by atoms with E-state index in [-0.39, 0.29) is 6.54 Å². The van der Waals surface area contributed by atoms with Gasteiger partial charge in [-0.15, -0.1) is 5.59 Å². The van der Waals surface area contributed by atoms with Crippen molar-refractivity contribution >= 4 is 11.9 Å². The second-order valence-electron chi connectivity index (χ2n) is 1.64. The molecular weight excluding hydrogens is 154 g/mol. The molecule has 11 heavy (non-hydrogen) atoms. The SMILES string of the molecule is O=C(O)CNC(=O)CNNO. The maximum Gasteiger partial charge on any atom is 0.322 e. The molecule has 7 nitrogen and oxygen atoms in total. The van der Waals surface area contributed by atoms with Gasteiger partial charge in [-0.05, 0) is 0 Å². The Hall–Kier alpha value is -1.18. The highest BCUT2D eigenvalue weighted by Crippen LogP contribution is 1.62.